The van der Waals surface area contributed by atoms with E-state index in [4.69, 9.17) is 4.74 Å². The highest BCUT2D eigenvalue weighted by molar-refractivity contribution is 9.09. The molecule has 0 bridgehead atoms. The van der Waals surface area contributed by atoms with E-state index >= 15 is 0 Å². The first-order chi connectivity index (χ1) is 8.69. The number of hydrogen-bond donors (Lipinski definition) is 0. The largest absolute Gasteiger partial charge is 0.497 e. The molecular weight excluding hydrogens is 288 g/mol. The average molecular weight is 313 g/mol. The SMILES string of the molecule is CCCC(C)CC(CBr)Cc1ccc(OC)cc1. The first-order valence-corrected chi connectivity index (χ1v) is 8.00. The molecule has 0 spiro atoms. The molecule has 2 heteroatoms. The van der Waals surface area contributed by atoms with Crippen molar-refractivity contribution in [3.63, 3.8) is 0 Å². The number of halogens is 1. The molecule has 0 heterocycles. The number of benzene rings is 1. The Labute approximate surface area is 120 Å². The van der Waals surface area contributed by atoms with Gasteiger partial charge < -0.3 is 4.74 Å². The Morgan fingerprint density at radius 2 is 1.89 bits per heavy atom. The van der Waals surface area contributed by atoms with E-state index in [9.17, 15) is 0 Å². The van der Waals surface area contributed by atoms with Crippen LogP contribution in [0.15, 0.2) is 24.3 Å². The van der Waals surface area contributed by atoms with Crippen molar-refractivity contribution >= 4 is 15.9 Å². The van der Waals surface area contributed by atoms with Crippen LogP contribution in [0.4, 0.5) is 0 Å². The maximum atomic E-state index is 5.19. The van der Waals surface area contributed by atoms with Crippen molar-refractivity contribution in [1.29, 1.82) is 0 Å². The summed E-state index contributed by atoms with van der Waals surface area (Å²) in [6.45, 7) is 4.64. The van der Waals surface area contributed by atoms with Crippen LogP contribution in [0.5, 0.6) is 5.75 Å². The molecule has 0 saturated heterocycles. The Balaban J connectivity index is 2.50. The molecule has 0 saturated carbocycles. The van der Waals surface area contributed by atoms with Gasteiger partial charge in [-0.1, -0.05) is 54.8 Å². The smallest absolute Gasteiger partial charge is 0.118 e. The average Bonchev–Trinajstić information content (AvgIpc) is 2.39. The molecule has 1 nitrogen and oxygen atoms in total. The lowest BCUT2D eigenvalue weighted by molar-refractivity contribution is 0.395. The van der Waals surface area contributed by atoms with Crippen LogP contribution in [-0.4, -0.2) is 12.4 Å². The van der Waals surface area contributed by atoms with Crippen molar-refractivity contribution in [3.8, 4) is 5.75 Å². The van der Waals surface area contributed by atoms with Gasteiger partial charge >= 0.3 is 0 Å². The van der Waals surface area contributed by atoms with Gasteiger partial charge in [-0.05, 0) is 42.4 Å². The quantitative estimate of drug-likeness (QED) is 0.608. The molecule has 1 rings (SSSR count). The van der Waals surface area contributed by atoms with Gasteiger partial charge in [0, 0.05) is 5.33 Å². The maximum absolute atomic E-state index is 5.19. The van der Waals surface area contributed by atoms with Gasteiger partial charge in [-0.25, -0.2) is 0 Å². The monoisotopic (exact) mass is 312 g/mol. The Kier molecular flexibility index (Phi) is 7.41. The molecule has 0 radical (unpaired) electrons. The number of hydrogen-bond acceptors (Lipinski definition) is 1. The third-order valence-electron chi connectivity index (χ3n) is 3.42. The lowest BCUT2D eigenvalue weighted by atomic mass is 9.89. The van der Waals surface area contributed by atoms with E-state index in [1.807, 2.05) is 0 Å². The van der Waals surface area contributed by atoms with Gasteiger partial charge in [-0.15, -0.1) is 0 Å². The van der Waals surface area contributed by atoms with Crippen molar-refractivity contribution in [2.45, 2.75) is 39.5 Å². The van der Waals surface area contributed by atoms with Gasteiger partial charge in [-0.2, -0.15) is 0 Å². The summed E-state index contributed by atoms with van der Waals surface area (Å²) in [4.78, 5) is 0. The highest BCUT2D eigenvalue weighted by atomic mass is 79.9. The molecule has 0 aliphatic rings. The van der Waals surface area contributed by atoms with Crippen LogP contribution in [0, 0.1) is 11.8 Å². The third-order valence-corrected chi connectivity index (χ3v) is 4.33. The van der Waals surface area contributed by atoms with Gasteiger partial charge in [0.15, 0.2) is 0 Å². The van der Waals surface area contributed by atoms with Crippen LogP contribution >= 0.6 is 15.9 Å². The van der Waals surface area contributed by atoms with E-state index in [0.717, 1.165) is 29.3 Å². The van der Waals surface area contributed by atoms with Crippen molar-refractivity contribution < 1.29 is 4.74 Å². The van der Waals surface area contributed by atoms with Crippen LogP contribution in [0.25, 0.3) is 0 Å². The number of rotatable bonds is 8. The lowest BCUT2D eigenvalue weighted by Gasteiger charge is -2.19. The zero-order valence-corrected chi connectivity index (χ0v) is 13.4. The summed E-state index contributed by atoms with van der Waals surface area (Å²) >= 11 is 3.66. The van der Waals surface area contributed by atoms with Crippen molar-refractivity contribution in [2.24, 2.45) is 11.8 Å². The molecule has 2 unspecified atom stereocenters. The summed E-state index contributed by atoms with van der Waals surface area (Å²) in [5, 5.41) is 1.09. The molecule has 102 valence electrons. The minimum absolute atomic E-state index is 0.736. The molecule has 0 aliphatic carbocycles. The second kappa shape index (κ2) is 8.58. The third kappa shape index (κ3) is 5.43. The van der Waals surface area contributed by atoms with Gasteiger partial charge in [0.25, 0.3) is 0 Å². The first-order valence-electron chi connectivity index (χ1n) is 6.88. The fraction of sp³-hybridized carbons (Fsp3) is 0.625. The highest BCUT2D eigenvalue weighted by Gasteiger charge is 2.12. The van der Waals surface area contributed by atoms with Crippen molar-refractivity contribution in [1.82, 2.24) is 0 Å². The summed E-state index contributed by atoms with van der Waals surface area (Å²) < 4.78 is 5.19. The van der Waals surface area contributed by atoms with E-state index in [-0.39, 0.29) is 0 Å². The van der Waals surface area contributed by atoms with E-state index in [1.165, 1.54) is 24.8 Å². The number of ether oxygens (including phenoxy) is 1. The Morgan fingerprint density at radius 3 is 2.39 bits per heavy atom. The topological polar surface area (TPSA) is 9.23 Å². The predicted octanol–water partition coefficient (Wildman–Crippen LogP) is 5.08. The Hall–Kier alpha value is -0.500. The Bertz CT molecular complexity index is 320. The predicted molar refractivity (Wildman–Crippen MR) is 82.7 cm³/mol. The number of methoxy groups -OCH3 is 1. The fourth-order valence-corrected chi connectivity index (χ4v) is 2.97. The molecule has 0 fully saturated rings. The molecule has 1 aromatic carbocycles. The standard InChI is InChI=1S/C16H25BrO/c1-4-5-13(2)10-15(12-17)11-14-6-8-16(18-3)9-7-14/h6-9,13,15H,4-5,10-12H2,1-3H3. The number of alkyl halides is 1. The molecule has 0 aliphatic heterocycles. The summed E-state index contributed by atoms with van der Waals surface area (Å²) in [5.74, 6) is 2.50. The summed E-state index contributed by atoms with van der Waals surface area (Å²) in [6, 6.07) is 8.46. The summed E-state index contributed by atoms with van der Waals surface area (Å²) in [6.07, 6.45) is 5.10. The summed E-state index contributed by atoms with van der Waals surface area (Å²) in [7, 11) is 1.71. The van der Waals surface area contributed by atoms with Crippen LogP contribution in [0.3, 0.4) is 0 Å². The minimum Gasteiger partial charge on any atom is -0.497 e. The minimum atomic E-state index is 0.736. The van der Waals surface area contributed by atoms with Crippen LogP contribution in [0.1, 0.15) is 38.7 Å². The summed E-state index contributed by atoms with van der Waals surface area (Å²) in [5.41, 5.74) is 1.41. The Morgan fingerprint density at radius 1 is 1.22 bits per heavy atom. The molecular formula is C16H25BrO. The second-order valence-corrected chi connectivity index (χ2v) is 5.85. The van der Waals surface area contributed by atoms with Gasteiger partial charge in [-0.3, -0.25) is 0 Å². The van der Waals surface area contributed by atoms with Crippen LogP contribution < -0.4 is 4.74 Å². The zero-order valence-electron chi connectivity index (χ0n) is 11.8. The maximum Gasteiger partial charge on any atom is 0.118 e. The van der Waals surface area contributed by atoms with Crippen molar-refractivity contribution in [2.75, 3.05) is 12.4 Å². The molecule has 1 aromatic rings. The fourth-order valence-electron chi connectivity index (χ4n) is 2.48. The molecule has 2 atom stereocenters. The normalized spacial score (nSPS) is 14.2. The van der Waals surface area contributed by atoms with Gasteiger partial charge in [0.1, 0.15) is 5.75 Å². The van der Waals surface area contributed by atoms with Crippen molar-refractivity contribution in [3.05, 3.63) is 29.8 Å². The van der Waals surface area contributed by atoms with E-state index in [2.05, 4.69) is 54.0 Å². The lowest BCUT2D eigenvalue weighted by Crippen LogP contribution is -2.11. The molecule has 18 heavy (non-hydrogen) atoms. The van der Waals surface area contributed by atoms with Crippen LogP contribution in [0.2, 0.25) is 0 Å². The molecule has 0 amide bonds. The van der Waals surface area contributed by atoms with Gasteiger partial charge in [0.2, 0.25) is 0 Å². The highest BCUT2D eigenvalue weighted by Crippen LogP contribution is 2.23. The van der Waals surface area contributed by atoms with E-state index in [1.54, 1.807) is 7.11 Å². The van der Waals surface area contributed by atoms with E-state index in [0.29, 0.717) is 0 Å². The second-order valence-electron chi connectivity index (χ2n) is 5.20. The first kappa shape index (κ1) is 15.6. The molecule has 0 aromatic heterocycles. The molecule has 0 N–H and O–H groups in total. The zero-order chi connectivity index (χ0) is 13.4. The van der Waals surface area contributed by atoms with E-state index < -0.39 is 0 Å². The van der Waals surface area contributed by atoms with Crippen LogP contribution in [-0.2, 0) is 6.42 Å². The van der Waals surface area contributed by atoms with Gasteiger partial charge in [0.05, 0.1) is 7.11 Å².